The maximum absolute atomic E-state index is 10.8. The van der Waals surface area contributed by atoms with Crippen molar-refractivity contribution >= 4 is 21.8 Å². The highest BCUT2D eigenvalue weighted by Crippen LogP contribution is 2.39. The molecule has 6 nitrogen and oxygen atoms in total. The first kappa shape index (κ1) is 13.8. The number of rotatable bonds is 4. The number of hydrogen-bond acceptors (Lipinski definition) is 5. The SMILES string of the molecule is COc1ccc(Br)c(C(O)C(O)C(N)=O)c1O. The third kappa shape index (κ3) is 2.68. The van der Waals surface area contributed by atoms with Crippen LogP contribution in [-0.4, -0.2) is 34.4 Å². The van der Waals surface area contributed by atoms with Crippen LogP contribution in [-0.2, 0) is 4.79 Å². The Morgan fingerprint density at radius 1 is 1.47 bits per heavy atom. The Labute approximate surface area is 106 Å². The predicted octanol–water partition coefficient (Wildman–Crippen LogP) is 0.0429. The van der Waals surface area contributed by atoms with Gasteiger partial charge in [-0.2, -0.15) is 0 Å². The first-order valence-electron chi connectivity index (χ1n) is 4.61. The highest BCUT2D eigenvalue weighted by molar-refractivity contribution is 9.10. The van der Waals surface area contributed by atoms with Crippen molar-refractivity contribution in [3.63, 3.8) is 0 Å². The summed E-state index contributed by atoms with van der Waals surface area (Å²) >= 11 is 3.09. The smallest absolute Gasteiger partial charge is 0.249 e. The molecule has 94 valence electrons. The molecule has 1 rings (SSSR count). The van der Waals surface area contributed by atoms with Crippen molar-refractivity contribution in [1.82, 2.24) is 0 Å². The Bertz CT molecular complexity index is 437. The summed E-state index contributed by atoms with van der Waals surface area (Å²) in [6.45, 7) is 0. The number of primary amides is 1. The van der Waals surface area contributed by atoms with Gasteiger partial charge in [0.2, 0.25) is 5.91 Å². The summed E-state index contributed by atoms with van der Waals surface area (Å²) in [7, 11) is 1.34. The van der Waals surface area contributed by atoms with Crippen molar-refractivity contribution in [3.05, 3.63) is 22.2 Å². The molecule has 0 spiro atoms. The van der Waals surface area contributed by atoms with Crippen LogP contribution in [0.4, 0.5) is 0 Å². The monoisotopic (exact) mass is 305 g/mol. The number of hydrogen-bond donors (Lipinski definition) is 4. The maximum atomic E-state index is 10.8. The number of amides is 1. The third-order valence-corrected chi connectivity index (χ3v) is 2.92. The molecule has 0 aliphatic carbocycles. The number of aliphatic hydroxyl groups excluding tert-OH is 2. The molecule has 7 heteroatoms. The average molecular weight is 306 g/mol. The zero-order chi connectivity index (χ0) is 13.2. The van der Waals surface area contributed by atoms with Crippen LogP contribution in [0, 0.1) is 0 Å². The quantitative estimate of drug-likeness (QED) is 0.627. The number of carbonyl (C=O) groups is 1. The Morgan fingerprint density at radius 2 is 2.06 bits per heavy atom. The normalized spacial score (nSPS) is 14.1. The van der Waals surface area contributed by atoms with Crippen molar-refractivity contribution in [2.45, 2.75) is 12.2 Å². The molecule has 2 atom stereocenters. The molecule has 17 heavy (non-hydrogen) atoms. The van der Waals surface area contributed by atoms with Crippen molar-refractivity contribution in [2.24, 2.45) is 5.73 Å². The number of benzene rings is 1. The van der Waals surface area contributed by atoms with Gasteiger partial charge in [0.25, 0.3) is 0 Å². The molecule has 0 fully saturated rings. The molecule has 0 aliphatic heterocycles. The second kappa shape index (κ2) is 5.35. The summed E-state index contributed by atoms with van der Waals surface area (Å²) in [6, 6.07) is 2.97. The first-order chi connectivity index (χ1) is 7.90. The van der Waals surface area contributed by atoms with Gasteiger partial charge in [0, 0.05) is 10.0 Å². The lowest BCUT2D eigenvalue weighted by molar-refractivity contribution is -0.132. The van der Waals surface area contributed by atoms with Crippen molar-refractivity contribution < 1.29 is 24.9 Å². The van der Waals surface area contributed by atoms with E-state index in [9.17, 15) is 20.1 Å². The molecule has 1 amide bonds. The van der Waals surface area contributed by atoms with Gasteiger partial charge in [0.1, 0.15) is 6.10 Å². The maximum Gasteiger partial charge on any atom is 0.249 e. The largest absolute Gasteiger partial charge is 0.504 e. The molecule has 1 aromatic carbocycles. The molecule has 0 bridgehead atoms. The van der Waals surface area contributed by atoms with E-state index in [2.05, 4.69) is 15.9 Å². The highest BCUT2D eigenvalue weighted by Gasteiger charge is 2.29. The van der Waals surface area contributed by atoms with E-state index in [1.165, 1.54) is 19.2 Å². The van der Waals surface area contributed by atoms with Gasteiger partial charge in [0.05, 0.1) is 7.11 Å². The van der Waals surface area contributed by atoms with Crippen LogP contribution in [0.5, 0.6) is 11.5 Å². The molecule has 0 aromatic heterocycles. The van der Waals surface area contributed by atoms with Gasteiger partial charge >= 0.3 is 0 Å². The Hall–Kier alpha value is -1.31. The molecular weight excluding hydrogens is 294 g/mol. The number of aromatic hydroxyl groups is 1. The number of aliphatic hydroxyl groups is 2. The number of methoxy groups -OCH3 is 1. The zero-order valence-corrected chi connectivity index (χ0v) is 10.5. The molecule has 0 saturated carbocycles. The van der Waals surface area contributed by atoms with Gasteiger partial charge in [-0.1, -0.05) is 15.9 Å². The van der Waals surface area contributed by atoms with Crippen molar-refractivity contribution in [3.8, 4) is 11.5 Å². The summed E-state index contributed by atoms with van der Waals surface area (Å²) in [6.07, 6.45) is -3.46. The number of phenols is 1. The van der Waals surface area contributed by atoms with Gasteiger partial charge in [-0.15, -0.1) is 0 Å². The van der Waals surface area contributed by atoms with Gasteiger partial charge in [-0.25, -0.2) is 0 Å². The second-order valence-corrected chi connectivity index (χ2v) is 4.16. The van der Waals surface area contributed by atoms with Crippen LogP contribution >= 0.6 is 15.9 Å². The highest BCUT2D eigenvalue weighted by atomic mass is 79.9. The topological polar surface area (TPSA) is 113 Å². The van der Waals surface area contributed by atoms with Gasteiger partial charge in [0.15, 0.2) is 17.6 Å². The zero-order valence-electron chi connectivity index (χ0n) is 8.92. The fraction of sp³-hybridized carbons (Fsp3) is 0.300. The van der Waals surface area contributed by atoms with Crippen LogP contribution in [0.3, 0.4) is 0 Å². The van der Waals surface area contributed by atoms with E-state index in [0.717, 1.165) is 0 Å². The fourth-order valence-electron chi connectivity index (χ4n) is 1.32. The molecule has 5 N–H and O–H groups in total. The number of ether oxygens (including phenoxy) is 1. The van der Waals surface area contributed by atoms with Gasteiger partial charge < -0.3 is 25.8 Å². The van der Waals surface area contributed by atoms with E-state index in [1.54, 1.807) is 0 Å². The van der Waals surface area contributed by atoms with E-state index in [4.69, 9.17) is 10.5 Å². The van der Waals surface area contributed by atoms with E-state index >= 15 is 0 Å². The van der Waals surface area contributed by atoms with E-state index < -0.39 is 18.1 Å². The Balaban J connectivity index is 3.25. The van der Waals surface area contributed by atoms with Crippen molar-refractivity contribution in [1.29, 1.82) is 0 Å². The number of nitrogens with two attached hydrogens (primary N) is 1. The summed E-state index contributed by atoms with van der Waals surface area (Å²) < 4.78 is 5.17. The van der Waals surface area contributed by atoms with Crippen LogP contribution in [0.25, 0.3) is 0 Å². The molecular formula is C10H12BrNO5. The fourth-order valence-corrected chi connectivity index (χ4v) is 1.88. The Kier molecular flexibility index (Phi) is 4.33. The molecule has 0 heterocycles. The predicted molar refractivity (Wildman–Crippen MR) is 62.5 cm³/mol. The molecule has 2 unspecified atom stereocenters. The van der Waals surface area contributed by atoms with Crippen LogP contribution in [0.15, 0.2) is 16.6 Å². The summed E-state index contributed by atoms with van der Waals surface area (Å²) in [5.74, 6) is -1.35. The standard InChI is InChI=1S/C10H12BrNO5/c1-17-5-3-2-4(11)6(7(5)13)8(14)9(15)10(12)16/h2-3,8-9,13-15H,1H3,(H2,12,16). The molecule has 0 aliphatic rings. The number of halogens is 1. The van der Waals surface area contributed by atoms with E-state index in [1.807, 2.05) is 0 Å². The van der Waals surface area contributed by atoms with E-state index in [0.29, 0.717) is 4.47 Å². The third-order valence-electron chi connectivity index (χ3n) is 2.23. The van der Waals surface area contributed by atoms with Gasteiger partial charge in [-0.3, -0.25) is 4.79 Å². The average Bonchev–Trinajstić information content (AvgIpc) is 2.28. The molecule has 1 aromatic rings. The van der Waals surface area contributed by atoms with Crippen LogP contribution < -0.4 is 10.5 Å². The summed E-state index contributed by atoms with van der Waals surface area (Å²) in [4.78, 5) is 10.8. The number of carbonyl (C=O) groups excluding carboxylic acids is 1. The van der Waals surface area contributed by atoms with Gasteiger partial charge in [-0.05, 0) is 12.1 Å². The summed E-state index contributed by atoms with van der Waals surface area (Å²) in [5, 5.41) is 28.9. The summed E-state index contributed by atoms with van der Waals surface area (Å²) in [5.41, 5.74) is 4.81. The minimum absolute atomic E-state index is 0.0596. The van der Waals surface area contributed by atoms with Crippen LogP contribution in [0.2, 0.25) is 0 Å². The van der Waals surface area contributed by atoms with E-state index in [-0.39, 0.29) is 17.1 Å². The lowest BCUT2D eigenvalue weighted by atomic mass is 10.0. The second-order valence-electron chi connectivity index (χ2n) is 3.30. The Morgan fingerprint density at radius 3 is 2.53 bits per heavy atom. The molecule has 0 radical (unpaired) electrons. The van der Waals surface area contributed by atoms with Crippen molar-refractivity contribution in [2.75, 3.05) is 7.11 Å². The minimum atomic E-state index is -1.82. The molecule has 0 saturated heterocycles. The minimum Gasteiger partial charge on any atom is -0.504 e. The number of phenolic OH excluding ortho intramolecular Hbond substituents is 1. The first-order valence-corrected chi connectivity index (χ1v) is 5.40. The van der Waals surface area contributed by atoms with Crippen LogP contribution in [0.1, 0.15) is 11.7 Å². The lowest BCUT2D eigenvalue weighted by Gasteiger charge is -2.19. The lowest BCUT2D eigenvalue weighted by Crippen LogP contribution is -2.34.